The van der Waals surface area contributed by atoms with Crippen molar-refractivity contribution in [3.63, 3.8) is 0 Å². The molecule has 0 heterocycles. The minimum absolute atomic E-state index is 0.792. The molecule has 0 radical (unpaired) electrons. The molecule has 0 spiro atoms. The van der Waals surface area contributed by atoms with Gasteiger partial charge < -0.3 is 0 Å². The van der Waals surface area contributed by atoms with Gasteiger partial charge >= 0.3 is 0 Å². The van der Waals surface area contributed by atoms with Crippen molar-refractivity contribution in [3.05, 3.63) is 71.8 Å². The summed E-state index contributed by atoms with van der Waals surface area (Å²) in [5.74, 6) is 1.76. The van der Waals surface area contributed by atoms with E-state index in [1.165, 1.54) is 55.2 Å². The minimum atomic E-state index is 0.792. The maximum Gasteiger partial charge on any atom is -0.0159 e. The molecule has 2 unspecified atom stereocenters. The molecule has 0 heteroatoms. The highest BCUT2D eigenvalue weighted by molar-refractivity contribution is 5.64. The molecule has 3 rings (SSSR count). The van der Waals surface area contributed by atoms with Gasteiger partial charge in [-0.25, -0.2) is 0 Å². The first-order chi connectivity index (χ1) is 12.8. The lowest BCUT2D eigenvalue weighted by atomic mass is 9.93. The number of unbranched alkanes of at least 4 members (excludes halogenated alkanes) is 1. The molecule has 1 aliphatic carbocycles. The maximum atomic E-state index is 2.38. The van der Waals surface area contributed by atoms with Gasteiger partial charge in [-0.3, -0.25) is 0 Å². The van der Waals surface area contributed by atoms with Gasteiger partial charge in [-0.15, -0.1) is 0 Å². The van der Waals surface area contributed by atoms with Gasteiger partial charge in [-0.05, 0) is 73.1 Å². The molecule has 0 N–H and O–H groups in total. The molecule has 1 aliphatic rings. The van der Waals surface area contributed by atoms with Crippen LogP contribution in [-0.4, -0.2) is 0 Å². The Morgan fingerprint density at radius 3 is 2.27 bits per heavy atom. The van der Waals surface area contributed by atoms with Crippen LogP contribution in [0.3, 0.4) is 0 Å². The predicted octanol–water partition coefficient (Wildman–Crippen LogP) is 7.94. The first-order valence-electron chi connectivity index (χ1n) is 10.6. The van der Waals surface area contributed by atoms with E-state index >= 15 is 0 Å². The number of hydrogen-bond donors (Lipinski definition) is 0. The highest BCUT2D eigenvalue weighted by Crippen LogP contribution is 2.40. The van der Waals surface area contributed by atoms with E-state index in [-0.39, 0.29) is 0 Å². The van der Waals surface area contributed by atoms with Gasteiger partial charge in [0.25, 0.3) is 0 Å². The fourth-order valence-electron chi connectivity index (χ4n) is 4.36. The van der Waals surface area contributed by atoms with Crippen molar-refractivity contribution in [2.45, 2.75) is 71.1 Å². The molecule has 2 atom stereocenters. The molecule has 0 nitrogen and oxygen atoms in total. The van der Waals surface area contributed by atoms with E-state index in [0.29, 0.717) is 0 Å². The molecule has 26 heavy (non-hydrogen) atoms. The van der Waals surface area contributed by atoms with Crippen molar-refractivity contribution in [1.82, 2.24) is 0 Å². The largest absolute Gasteiger partial charge is 0.0917 e. The zero-order valence-electron chi connectivity index (χ0n) is 16.6. The van der Waals surface area contributed by atoms with Crippen LogP contribution in [0.1, 0.15) is 75.8 Å². The normalized spacial score (nSPS) is 20.1. The molecule has 0 amide bonds. The van der Waals surface area contributed by atoms with Crippen molar-refractivity contribution in [2.24, 2.45) is 5.92 Å². The van der Waals surface area contributed by atoms with E-state index in [0.717, 1.165) is 24.7 Å². The topological polar surface area (TPSA) is 0 Å². The van der Waals surface area contributed by atoms with Crippen molar-refractivity contribution < 1.29 is 0 Å². The van der Waals surface area contributed by atoms with Crippen molar-refractivity contribution in [1.29, 1.82) is 0 Å². The Kier molecular flexibility index (Phi) is 7.12. The smallest absolute Gasteiger partial charge is 0.0159 e. The average Bonchev–Trinajstić information content (AvgIpc) is 3.16. The Labute approximate surface area is 160 Å². The molecule has 138 valence electrons. The first kappa shape index (κ1) is 19.0. The molecule has 1 saturated carbocycles. The molecule has 2 aromatic carbocycles. The molecule has 2 aromatic rings. The lowest BCUT2D eigenvalue weighted by Crippen LogP contribution is -1.96. The summed E-state index contributed by atoms with van der Waals surface area (Å²) in [5, 5.41) is 0. The van der Waals surface area contributed by atoms with E-state index in [1.54, 1.807) is 5.56 Å². The second-order valence-electron chi connectivity index (χ2n) is 7.94. The number of rotatable bonds is 8. The van der Waals surface area contributed by atoms with Gasteiger partial charge in [-0.2, -0.15) is 0 Å². The molecular weight excluding hydrogens is 312 g/mol. The van der Waals surface area contributed by atoms with Crippen LogP contribution in [-0.2, 0) is 6.42 Å². The summed E-state index contributed by atoms with van der Waals surface area (Å²) in [4.78, 5) is 0. The monoisotopic (exact) mass is 346 g/mol. The number of hydrogen-bond acceptors (Lipinski definition) is 0. The van der Waals surface area contributed by atoms with Crippen LogP contribution in [0.2, 0.25) is 0 Å². The number of benzene rings is 2. The van der Waals surface area contributed by atoms with Crippen LogP contribution >= 0.6 is 0 Å². The van der Waals surface area contributed by atoms with Gasteiger partial charge in [-0.1, -0.05) is 86.9 Å². The summed E-state index contributed by atoms with van der Waals surface area (Å²) < 4.78 is 0. The SMILES string of the molecule is CC=CCCc1ccc(-c2ccc(C3CCC(CCCC)C3)cc2)cc1. The van der Waals surface area contributed by atoms with E-state index in [1.807, 2.05) is 0 Å². The van der Waals surface area contributed by atoms with Crippen LogP contribution in [0, 0.1) is 5.92 Å². The van der Waals surface area contributed by atoms with Gasteiger partial charge in [0, 0.05) is 0 Å². The summed E-state index contributed by atoms with van der Waals surface area (Å²) >= 11 is 0. The zero-order chi connectivity index (χ0) is 18.2. The van der Waals surface area contributed by atoms with Crippen molar-refractivity contribution >= 4 is 0 Å². The van der Waals surface area contributed by atoms with Crippen LogP contribution in [0.5, 0.6) is 0 Å². The highest BCUT2D eigenvalue weighted by Gasteiger charge is 2.25. The van der Waals surface area contributed by atoms with Crippen LogP contribution in [0.25, 0.3) is 11.1 Å². The summed E-state index contributed by atoms with van der Waals surface area (Å²) in [6, 6.07) is 18.5. The van der Waals surface area contributed by atoms with E-state index in [4.69, 9.17) is 0 Å². The van der Waals surface area contributed by atoms with Gasteiger partial charge in [0.2, 0.25) is 0 Å². The van der Waals surface area contributed by atoms with Gasteiger partial charge in [0.1, 0.15) is 0 Å². The van der Waals surface area contributed by atoms with Gasteiger partial charge in [0.05, 0.1) is 0 Å². The average molecular weight is 347 g/mol. The third-order valence-corrected chi connectivity index (χ3v) is 6.01. The fourth-order valence-corrected chi connectivity index (χ4v) is 4.36. The highest BCUT2D eigenvalue weighted by atomic mass is 14.3. The summed E-state index contributed by atoms with van der Waals surface area (Å²) in [5.41, 5.74) is 5.65. The summed E-state index contributed by atoms with van der Waals surface area (Å²) in [6.45, 7) is 4.39. The third kappa shape index (κ3) is 5.10. The molecule has 0 bridgehead atoms. The maximum absolute atomic E-state index is 2.38. The Morgan fingerprint density at radius 1 is 0.923 bits per heavy atom. The fraction of sp³-hybridized carbons (Fsp3) is 0.462. The Bertz CT molecular complexity index is 675. The van der Waals surface area contributed by atoms with E-state index in [9.17, 15) is 0 Å². The zero-order valence-corrected chi connectivity index (χ0v) is 16.6. The molecule has 1 fully saturated rings. The minimum Gasteiger partial charge on any atom is -0.0917 e. The van der Waals surface area contributed by atoms with E-state index in [2.05, 4.69) is 74.5 Å². The molecule has 0 saturated heterocycles. The van der Waals surface area contributed by atoms with Crippen LogP contribution in [0.4, 0.5) is 0 Å². The molecule has 0 aliphatic heterocycles. The molecule has 0 aromatic heterocycles. The Morgan fingerprint density at radius 2 is 1.62 bits per heavy atom. The Balaban J connectivity index is 1.59. The summed E-state index contributed by atoms with van der Waals surface area (Å²) in [7, 11) is 0. The van der Waals surface area contributed by atoms with E-state index < -0.39 is 0 Å². The van der Waals surface area contributed by atoms with Crippen molar-refractivity contribution in [3.8, 4) is 11.1 Å². The Hall–Kier alpha value is -1.82. The number of aryl methyl sites for hydroxylation is 1. The summed E-state index contributed by atoms with van der Waals surface area (Å²) in [6.07, 6.45) is 15.0. The van der Waals surface area contributed by atoms with Crippen LogP contribution < -0.4 is 0 Å². The van der Waals surface area contributed by atoms with Gasteiger partial charge in [0.15, 0.2) is 0 Å². The quantitative estimate of drug-likeness (QED) is 0.426. The molecular formula is C26H34. The van der Waals surface area contributed by atoms with Crippen LogP contribution in [0.15, 0.2) is 60.7 Å². The second-order valence-corrected chi connectivity index (χ2v) is 7.94. The lowest BCUT2D eigenvalue weighted by molar-refractivity contribution is 0.474. The number of allylic oxidation sites excluding steroid dienone is 2. The predicted molar refractivity (Wildman–Crippen MR) is 115 cm³/mol. The second kappa shape index (κ2) is 9.76. The third-order valence-electron chi connectivity index (χ3n) is 6.01. The lowest BCUT2D eigenvalue weighted by Gasteiger charge is -2.12. The first-order valence-corrected chi connectivity index (χ1v) is 10.6. The van der Waals surface area contributed by atoms with Crippen molar-refractivity contribution in [2.75, 3.05) is 0 Å². The standard InChI is InChI=1S/C26H34/c1-3-5-7-9-21-10-13-23(14-11-21)24-16-18-25(19-17-24)26-15-12-22(20-26)8-6-4-2/h3,5,10-11,13-14,16-19,22,26H,4,6-9,12,15,20H2,1-2H3.